The number of pyridine rings is 1. The van der Waals surface area contributed by atoms with Gasteiger partial charge in [0.25, 0.3) is 0 Å². The first-order chi connectivity index (χ1) is 12.3. The smallest absolute Gasteiger partial charge is 0.132 e. The zero-order valence-electron chi connectivity index (χ0n) is 14.8. The molecular formula is C20H21ClFN3O. The maximum absolute atomic E-state index is 13.3. The summed E-state index contributed by atoms with van der Waals surface area (Å²) in [4.78, 5) is 0. The van der Waals surface area contributed by atoms with Crippen molar-refractivity contribution in [3.8, 4) is 0 Å². The van der Waals surface area contributed by atoms with E-state index in [1.165, 1.54) is 29.3 Å². The average molecular weight is 374 g/mol. The molecule has 0 saturated heterocycles. The minimum absolute atomic E-state index is 0.219. The number of hydrogen-bond donors (Lipinski definition) is 2. The minimum atomic E-state index is -0.960. The van der Waals surface area contributed by atoms with E-state index in [1.54, 1.807) is 0 Å². The number of nitrogens with one attached hydrogen (secondary N) is 1. The standard InChI is InChI=1S/C20H21ClFN3O/c1-12-3-6-18-15-10-20(2,8-7-17(15)24-25(18)11-12)23-19(26)14-5-4-13(22)9-16(14)21/h3-6,9,11,19,23,26H,7-8,10H2,1-2H3. The van der Waals surface area contributed by atoms with E-state index < -0.39 is 12.0 Å². The second-order valence-corrected chi connectivity index (χ2v) is 7.82. The second-order valence-electron chi connectivity index (χ2n) is 7.41. The third-order valence-electron chi connectivity index (χ3n) is 5.19. The van der Waals surface area contributed by atoms with Gasteiger partial charge in [0.2, 0.25) is 0 Å². The van der Waals surface area contributed by atoms with Crippen molar-refractivity contribution in [3.05, 3.63) is 69.8 Å². The Hall–Kier alpha value is -1.95. The Bertz CT molecular complexity index is 987. The van der Waals surface area contributed by atoms with Crippen LogP contribution in [0, 0.1) is 12.7 Å². The molecule has 4 nitrogen and oxygen atoms in total. The maximum atomic E-state index is 13.3. The third kappa shape index (κ3) is 3.11. The van der Waals surface area contributed by atoms with E-state index in [1.807, 2.05) is 10.7 Å². The Balaban J connectivity index is 1.61. The average Bonchev–Trinajstić information content (AvgIpc) is 2.90. The highest BCUT2D eigenvalue weighted by Gasteiger charge is 2.34. The van der Waals surface area contributed by atoms with Gasteiger partial charge >= 0.3 is 0 Å². The van der Waals surface area contributed by atoms with Crippen LogP contribution in [0.15, 0.2) is 36.5 Å². The molecule has 0 aliphatic heterocycles. The summed E-state index contributed by atoms with van der Waals surface area (Å²) in [5.41, 5.74) is 4.77. The van der Waals surface area contributed by atoms with Gasteiger partial charge in [-0.2, -0.15) is 5.10 Å². The van der Waals surface area contributed by atoms with Gasteiger partial charge in [0, 0.05) is 22.9 Å². The summed E-state index contributed by atoms with van der Waals surface area (Å²) in [6.07, 6.45) is 3.51. The predicted molar refractivity (Wildman–Crippen MR) is 99.9 cm³/mol. The fraction of sp³-hybridized carbons (Fsp3) is 0.350. The van der Waals surface area contributed by atoms with Crippen LogP contribution in [-0.2, 0) is 12.8 Å². The molecule has 0 saturated carbocycles. The van der Waals surface area contributed by atoms with Gasteiger partial charge in [-0.05, 0) is 56.9 Å². The first-order valence-corrected chi connectivity index (χ1v) is 9.10. The number of benzene rings is 1. The van der Waals surface area contributed by atoms with Crippen LogP contribution in [0.2, 0.25) is 5.02 Å². The number of hydrogen-bond acceptors (Lipinski definition) is 3. The molecule has 3 aromatic rings. The largest absolute Gasteiger partial charge is 0.374 e. The molecule has 6 heteroatoms. The summed E-state index contributed by atoms with van der Waals surface area (Å²) in [6, 6.07) is 8.23. The number of aliphatic hydroxyl groups is 1. The SMILES string of the molecule is Cc1ccc2c3c(nn2c1)CCC(C)(NC(O)c1ccc(F)cc1Cl)C3. The van der Waals surface area contributed by atoms with E-state index in [0.717, 1.165) is 30.5 Å². The molecule has 2 N–H and O–H groups in total. The van der Waals surface area contributed by atoms with Crippen LogP contribution in [0.25, 0.3) is 5.52 Å². The number of nitrogens with zero attached hydrogens (tertiary/aromatic N) is 2. The highest BCUT2D eigenvalue weighted by Crippen LogP contribution is 2.33. The number of aliphatic hydroxyl groups excluding tert-OH is 1. The van der Waals surface area contributed by atoms with E-state index in [2.05, 4.69) is 31.3 Å². The molecule has 1 aliphatic rings. The summed E-state index contributed by atoms with van der Waals surface area (Å²) in [6.45, 7) is 4.14. The topological polar surface area (TPSA) is 49.6 Å². The molecule has 26 heavy (non-hydrogen) atoms. The van der Waals surface area contributed by atoms with Crippen LogP contribution in [-0.4, -0.2) is 20.3 Å². The van der Waals surface area contributed by atoms with Gasteiger partial charge in [0.1, 0.15) is 12.0 Å². The van der Waals surface area contributed by atoms with Crippen LogP contribution in [0.3, 0.4) is 0 Å². The van der Waals surface area contributed by atoms with E-state index in [-0.39, 0.29) is 10.6 Å². The molecule has 0 spiro atoms. The highest BCUT2D eigenvalue weighted by molar-refractivity contribution is 6.31. The van der Waals surface area contributed by atoms with Gasteiger partial charge < -0.3 is 5.11 Å². The van der Waals surface area contributed by atoms with Crippen LogP contribution >= 0.6 is 11.6 Å². The second kappa shape index (κ2) is 6.34. The Labute approximate surface area is 156 Å². The Morgan fingerprint density at radius 3 is 2.92 bits per heavy atom. The monoisotopic (exact) mass is 373 g/mol. The van der Waals surface area contributed by atoms with Crippen molar-refractivity contribution in [2.75, 3.05) is 0 Å². The predicted octanol–water partition coefficient (Wildman–Crippen LogP) is 3.96. The van der Waals surface area contributed by atoms with Gasteiger partial charge in [-0.15, -0.1) is 0 Å². The van der Waals surface area contributed by atoms with E-state index in [4.69, 9.17) is 16.7 Å². The lowest BCUT2D eigenvalue weighted by Crippen LogP contribution is -2.48. The summed E-state index contributed by atoms with van der Waals surface area (Å²) in [7, 11) is 0. The fourth-order valence-corrected chi connectivity index (χ4v) is 4.04. The molecule has 0 fully saturated rings. The summed E-state index contributed by atoms with van der Waals surface area (Å²) < 4.78 is 15.2. The minimum Gasteiger partial charge on any atom is -0.374 e. The molecular weight excluding hydrogens is 353 g/mol. The van der Waals surface area contributed by atoms with Crippen molar-refractivity contribution < 1.29 is 9.50 Å². The van der Waals surface area contributed by atoms with Crippen LogP contribution in [0.5, 0.6) is 0 Å². The Morgan fingerprint density at radius 2 is 2.15 bits per heavy atom. The first kappa shape index (κ1) is 17.5. The quantitative estimate of drug-likeness (QED) is 0.683. The lowest BCUT2D eigenvalue weighted by Gasteiger charge is -2.36. The zero-order valence-corrected chi connectivity index (χ0v) is 15.5. The van der Waals surface area contributed by atoms with Gasteiger partial charge in [0.15, 0.2) is 0 Å². The molecule has 2 aromatic heterocycles. The Kier molecular flexibility index (Phi) is 4.26. The van der Waals surface area contributed by atoms with Crippen LogP contribution in [0.4, 0.5) is 4.39 Å². The Morgan fingerprint density at radius 1 is 1.35 bits per heavy atom. The molecule has 1 aliphatic carbocycles. The molecule has 1 aromatic carbocycles. The number of aryl methyl sites for hydroxylation is 2. The third-order valence-corrected chi connectivity index (χ3v) is 5.51. The van der Waals surface area contributed by atoms with Crippen LogP contribution in [0.1, 0.15) is 42.0 Å². The normalized spacial score (nSPS) is 21.0. The molecule has 2 unspecified atom stereocenters. The van der Waals surface area contributed by atoms with Gasteiger partial charge in [-0.3, -0.25) is 5.32 Å². The summed E-state index contributed by atoms with van der Waals surface area (Å²) in [5, 5.41) is 18.8. The number of halogens is 2. The van der Waals surface area contributed by atoms with Crippen molar-refractivity contribution in [1.29, 1.82) is 0 Å². The van der Waals surface area contributed by atoms with Crippen molar-refractivity contribution in [2.24, 2.45) is 0 Å². The lowest BCUT2D eigenvalue weighted by molar-refractivity contribution is 0.0898. The number of fused-ring (bicyclic) bond motifs is 3. The number of rotatable bonds is 3. The van der Waals surface area contributed by atoms with Crippen molar-refractivity contribution in [3.63, 3.8) is 0 Å². The van der Waals surface area contributed by atoms with E-state index in [9.17, 15) is 9.50 Å². The van der Waals surface area contributed by atoms with Crippen molar-refractivity contribution in [2.45, 2.75) is 44.9 Å². The number of aromatic nitrogens is 2. The highest BCUT2D eigenvalue weighted by atomic mass is 35.5. The molecule has 0 bridgehead atoms. The molecule has 4 rings (SSSR count). The van der Waals surface area contributed by atoms with Crippen molar-refractivity contribution in [1.82, 2.24) is 14.9 Å². The molecule has 0 radical (unpaired) electrons. The summed E-state index contributed by atoms with van der Waals surface area (Å²) in [5.74, 6) is -0.416. The van der Waals surface area contributed by atoms with Gasteiger partial charge in [-0.1, -0.05) is 23.7 Å². The molecule has 136 valence electrons. The van der Waals surface area contributed by atoms with E-state index >= 15 is 0 Å². The van der Waals surface area contributed by atoms with E-state index in [0.29, 0.717) is 5.56 Å². The van der Waals surface area contributed by atoms with Crippen molar-refractivity contribution >= 4 is 17.1 Å². The maximum Gasteiger partial charge on any atom is 0.132 e. The van der Waals surface area contributed by atoms with Crippen LogP contribution < -0.4 is 5.32 Å². The fourth-order valence-electron chi connectivity index (χ4n) is 3.77. The summed E-state index contributed by atoms with van der Waals surface area (Å²) >= 11 is 6.09. The molecule has 2 heterocycles. The van der Waals surface area contributed by atoms with Gasteiger partial charge in [0.05, 0.1) is 16.2 Å². The van der Waals surface area contributed by atoms with Gasteiger partial charge in [-0.25, -0.2) is 8.91 Å². The lowest BCUT2D eigenvalue weighted by atomic mass is 9.81. The molecule has 2 atom stereocenters. The molecule has 0 amide bonds. The first-order valence-electron chi connectivity index (χ1n) is 8.72. The zero-order chi connectivity index (χ0) is 18.5.